The molecule has 0 saturated carbocycles. The van der Waals surface area contributed by atoms with Crippen LogP contribution in [-0.2, 0) is 58.7 Å². The second kappa shape index (κ2) is 49.7. The fourth-order valence-electron chi connectivity index (χ4n) is 10.3. The SMILES string of the molecule is CC1(C)COB(B2OCC(C)(C)CO2)OC1.C[N+](C)(C)CCOP(=O)(O)OCCCCCCCCCCCCCCCCCCc1ccc(B(O)O)cc1.C[N+](C)(C)CCOP(=O)([O-])OCCCCCCCCCCCCCCCCCCc1ccc(I)cc1. The van der Waals surface area contributed by atoms with Gasteiger partial charge in [0.05, 0.1) is 55.5 Å². The van der Waals surface area contributed by atoms with Crippen molar-refractivity contribution in [1.29, 1.82) is 0 Å². The molecule has 0 aromatic heterocycles. The van der Waals surface area contributed by atoms with Crippen LogP contribution in [0.25, 0.3) is 0 Å². The number of halogens is 1. The summed E-state index contributed by atoms with van der Waals surface area (Å²) in [7, 11) is 1.86. The maximum absolute atomic E-state index is 11.8. The van der Waals surface area contributed by atoms with Crippen LogP contribution in [0.4, 0.5) is 0 Å². The molecule has 16 nitrogen and oxygen atoms in total. The number of likely N-dealkylation sites (N-methyl/N-ethyl adjacent to an activating group) is 2. The molecule has 0 radical (unpaired) electrons. The third-order valence-electron chi connectivity index (χ3n) is 16.2. The first kappa shape index (κ1) is 85.4. The minimum atomic E-state index is -4.14. The van der Waals surface area contributed by atoms with Gasteiger partial charge in [0.1, 0.15) is 26.3 Å². The Morgan fingerprint density at radius 3 is 1.01 bits per heavy atom. The molecule has 0 amide bonds. The van der Waals surface area contributed by atoms with Gasteiger partial charge < -0.3 is 56.5 Å². The molecule has 2 fully saturated rings. The second-order valence-corrected chi connectivity index (χ2v) is 33.3. The minimum Gasteiger partial charge on any atom is -0.756 e. The average molecular weight is 1420 g/mol. The quantitative estimate of drug-likeness (QED) is 0.0186. The highest BCUT2D eigenvalue weighted by atomic mass is 127. The average Bonchev–Trinajstić information content (AvgIpc) is 1.25. The molecule has 2 aromatic rings. The predicted octanol–water partition coefficient (Wildman–Crippen LogP) is 15.5. The highest BCUT2D eigenvalue weighted by Gasteiger charge is 2.47. The first-order chi connectivity index (χ1) is 42.6. The molecule has 3 N–H and O–H groups in total. The highest BCUT2D eigenvalue weighted by molar-refractivity contribution is 14.1. The predicted molar refractivity (Wildman–Crippen MR) is 380 cm³/mol. The summed E-state index contributed by atoms with van der Waals surface area (Å²) in [6, 6.07) is 16.5. The van der Waals surface area contributed by atoms with Crippen molar-refractivity contribution in [3.63, 3.8) is 0 Å². The number of hydrogen-bond acceptors (Lipinski definition) is 13. The Kier molecular flexibility index (Phi) is 47.2. The molecule has 0 aliphatic carbocycles. The lowest BCUT2D eigenvalue weighted by atomic mass is 9.47. The van der Waals surface area contributed by atoms with Crippen molar-refractivity contribution in [2.45, 2.75) is 246 Å². The molecule has 22 heteroatoms. The van der Waals surface area contributed by atoms with E-state index in [4.69, 9.17) is 46.8 Å². The van der Waals surface area contributed by atoms with Crippen molar-refractivity contribution in [1.82, 2.24) is 0 Å². The molecule has 2 atom stereocenters. The number of phosphoric acid groups is 2. The lowest BCUT2D eigenvalue weighted by Gasteiger charge is -2.38. The number of quaternary nitrogens is 2. The van der Waals surface area contributed by atoms with Gasteiger partial charge in [-0.15, -0.1) is 0 Å². The van der Waals surface area contributed by atoms with E-state index in [1.165, 1.54) is 188 Å². The summed E-state index contributed by atoms with van der Waals surface area (Å²) in [5, 5.41) is 18.3. The minimum absolute atomic E-state index is 0.0877. The number of nitrogens with zero attached hydrogens (tertiary/aromatic N) is 2. The van der Waals surface area contributed by atoms with Crippen LogP contribution in [0.1, 0.15) is 244 Å². The van der Waals surface area contributed by atoms with Crippen LogP contribution in [0, 0.1) is 14.4 Å². The van der Waals surface area contributed by atoms with Crippen LogP contribution in [0.5, 0.6) is 0 Å². The molecule has 0 bridgehead atoms. The molecule has 4 rings (SSSR count). The lowest BCUT2D eigenvalue weighted by molar-refractivity contribution is -0.870. The first-order valence-corrected chi connectivity index (χ1v) is 39.2. The Balaban J connectivity index is 0.000000494. The Labute approximate surface area is 564 Å². The van der Waals surface area contributed by atoms with Crippen LogP contribution in [-0.4, -0.2) is 153 Å². The number of benzene rings is 2. The van der Waals surface area contributed by atoms with Gasteiger partial charge in [-0.25, -0.2) is 4.57 Å². The fraction of sp³-hybridized carbons (Fsp3) is 0.824. The Morgan fingerprint density at radius 2 is 0.700 bits per heavy atom. The largest absolute Gasteiger partial charge is 0.756 e. The number of hydrogen-bond donors (Lipinski definition) is 3. The van der Waals surface area contributed by atoms with Gasteiger partial charge in [0, 0.05) is 40.8 Å². The van der Waals surface area contributed by atoms with Crippen LogP contribution in [0.2, 0.25) is 0 Å². The molecular formula is C68H129B3IN2O14P2+. The highest BCUT2D eigenvalue weighted by Crippen LogP contribution is 2.43. The fourth-order valence-corrected chi connectivity index (χ4v) is 12.2. The molecule has 2 aromatic carbocycles. The molecule has 2 aliphatic rings. The van der Waals surface area contributed by atoms with E-state index >= 15 is 0 Å². The molecule has 2 unspecified atom stereocenters. The van der Waals surface area contributed by atoms with Gasteiger partial charge in [-0.2, -0.15) is 0 Å². The van der Waals surface area contributed by atoms with Gasteiger partial charge in [-0.05, 0) is 89.8 Å². The van der Waals surface area contributed by atoms with Crippen LogP contribution in [0.3, 0.4) is 0 Å². The molecular weight excluding hydrogens is 1290 g/mol. The van der Waals surface area contributed by atoms with Gasteiger partial charge in [0.15, 0.2) is 0 Å². The van der Waals surface area contributed by atoms with Crippen LogP contribution < -0.4 is 10.4 Å². The van der Waals surface area contributed by atoms with E-state index in [1.54, 1.807) is 12.1 Å². The van der Waals surface area contributed by atoms with E-state index in [0.29, 0.717) is 53.9 Å². The maximum atomic E-state index is 11.8. The van der Waals surface area contributed by atoms with Crippen molar-refractivity contribution in [3.8, 4) is 0 Å². The van der Waals surface area contributed by atoms with Gasteiger partial charge >= 0.3 is 29.0 Å². The third-order valence-corrected chi connectivity index (χ3v) is 19.0. The summed E-state index contributed by atoms with van der Waals surface area (Å²) in [5.74, 6) is 0. The molecule has 2 aliphatic heterocycles. The maximum Gasteiger partial charge on any atom is 0.488 e. The van der Waals surface area contributed by atoms with Crippen LogP contribution in [0.15, 0.2) is 48.5 Å². The summed E-state index contributed by atoms with van der Waals surface area (Å²) in [6.45, 7) is 13.4. The topological polar surface area (TPSA) is 192 Å². The van der Waals surface area contributed by atoms with Crippen molar-refractivity contribution < 1.29 is 74.6 Å². The Morgan fingerprint density at radius 1 is 0.444 bits per heavy atom. The first-order valence-electron chi connectivity index (χ1n) is 35.1. The normalized spacial score (nSPS) is 16.4. The van der Waals surface area contributed by atoms with E-state index in [9.17, 15) is 18.9 Å². The summed E-state index contributed by atoms with van der Waals surface area (Å²) < 4.78 is 68.7. The van der Waals surface area contributed by atoms with Gasteiger partial charge in [-0.1, -0.05) is 244 Å². The number of phosphoric ester groups is 2. The summed E-state index contributed by atoms with van der Waals surface area (Å²) in [5.41, 5.74) is 3.48. The van der Waals surface area contributed by atoms with E-state index in [1.807, 2.05) is 54.4 Å². The zero-order chi connectivity index (χ0) is 66.5. The molecule has 2 saturated heterocycles. The van der Waals surface area contributed by atoms with Crippen molar-refractivity contribution in [3.05, 3.63) is 63.2 Å². The molecule has 520 valence electrons. The monoisotopic (exact) mass is 1420 g/mol. The van der Waals surface area contributed by atoms with Gasteiger partial charge in [-0.3, -0.25) is 13.6 Å². The summed E-state index contributed by atoms with van der Waals surface area (Å²) in [6.07, 6.45) is 42.9. The van der Waals surface area contributed by atoms with E-state index < -0.39 is 22.8 Å². The third kappa shape index (κ3) is 50.6. The molecule has 0 spiro atoms. The van der Waals surface area contributed by atoms with E-state index in [2.05, 4.69) is 74.6 Å². The van der Waals surface area contributed by atoms with E-state index in [0.717, 1.165) is 44.9 Å². The van der Waals surface area contributed by atoms with Gasteiger partial charge in [0.25, 0.3) is 7.82 Å². The zero-order valence-electron chi connectivity index (χ0n) is 58.5. The van der Waals surface area contributed by atoms with Gasteiger partial charge in [0.2, 0.25) is 0 Å². The molecule has 90 heavy (non-hydrogen) atoms. The Hall–Kier alpha value is -0.735. The van der Waals surface area contributed by atoms with Crippen molar-refractivity contribution in [2.24, 2.45) is 10.8 Å². The number of rotatable bonds is 50. The number of aryl methyl sites for hydroxylation is 2. The Bertz CT molecular complexity index is 2100. The second-order valence-electron chi connectivity index (χ2n) is 29.1. The standard InChI is InChI=1S/C29H55BNO6P.C29H53INO4P.C10H20B2O4/c1-31(2,3)25-27-37-38(34,35)36-26-19-17-15-13-11-9-7-5-4-6-8-10-12-14-16-18-20-28-21-23-29(24-22-28)30(32)33;1-31(2,3)25-27-35-36(32,33)34-26-19-17-15-13-11-9-7-5-4-6-8-10-12-14-16-18-20-28-21-23-29(30)24-22-28;1-9(2)5-13-11(14-6-9)12-15-7-10(3,4)8-16-12/h21-24,32-33H,4-20,25-27H2,1-3H3;21-24H,4-20,25-27H2,1-3H3;5-8H2,1-4H3/p+1. The van der Waals surface area contributed by atoms with Crippen LogP contribution >= 0.6 is 38.2 Å². The summed E-state index contributed by atoms with van der Waals surface area (Å²) in [4.78, 5) is 21.4. The van der Waals surface area contributed by atoms with E-state index in [-0.39, 0.29) is 51.3 Å². The zero-order valence-corrected chi connectivity index (χ0v) is 62.4. The number of unbranched alkanes of at least 4 members (excludes halogenated alkanes) is 30. The van der Waals surface area contributed by atoms with Crippen molar-refractivity contribution in [2.75, 3.05) is 108 Å². The molecule has 2 heterocycles. The smallest absolute Gasteiger partial charge is 0.488 e. The summed E-state index contributed by atoms with van der Waals surface area (Å²) >= 11 is 2.37. The van der Waals surface area contributed by atoms with Crippen molar-refractivity contribution >= 4 is 64.8 Å². The lowest BCUT2D eigenvalue weighted by Crippen LogP contribution is -2.56.